The van der Waals surface area contributed by atoms with Gasteiger partial charge in [0.2, 0.25) is 0 Å². The first-order chi connectivity index (χ1) is 28.8. The summed E-state index contributed by atoms with van der Waals surface area (Å²) in [6.07, 6.45) is 0. The summed E-state index contributed by atoms with van der Waals surface area (Å²) in [4.78, 5) is 2.37. The van der Waals surface area contributed by atoms with E-state index in [1.54, 1.807) is 0 Å². The number of hydrogen-bond donors (Lipinski definition) is 0. The summed E-state index contributed by atoms with van der Waals surface area (Å²) in [6, 6.07) is 76.3. The highest BCUT2D eigenvalue weighted by Crippen LogP contribution is 2.57. The van der Waals surface area contributed by atoms with Crippen molar-refractivity contribution in [1.82, 2.24) is 0 Å². The van der Waals surface area contributed by atoms with Gasteiger partial charge in [0, 0.05) is 38.8 Å². The van der Waals surface area contributed by atoms with Gasteiger partial charge in [-0.2, -0.15) is 0 Å². The van der Waals surface area contributed by atoms with Crippen LogP contribution in [0.2, 0.25) is 0 Å². The Labute approximate surface area is 335 Å². The molecule has 9 aromatic carbocycles. The largest absolute Gasteiger partial charge is 0.456 e. The summed E-state index contributed by atoms with van der Waals surface area (Å²) in [6.45, 7) is 0. The Kier molecular flexibility index (Phi) is 7.14. The van der Waals surface area contributed by atoms with Crippen molar-refractivity contribution in [3.63, 3.8) is 0 Å². The minimum Gasteiger partial charge on any atom is -0.456 e. The molecule has 3 heteroatoms. The number of furan rings is 2. The molecule has 2 aromatic heterocycles. The molecule has 0 amide bonds. The maximum Gasteiger partial charge on any atom is 0.147 e. The molecule has 0 saturated heterocycles. The standard InChI is InChI=1S/C55H35NO2/c1-4-15-37(16-5-1)55(38-17-6-2-7-18-38)48-25-12-10-21-43(48)44-32-31-41(35-49(44)55)56(39-19-8-3-9-20-39)40-29-27-36(28-30-40)42-23-14-24-45-46-33-34-51-52(54(46)58-53(42)45)47-22-11-13-26-50(47)57-51/h1-35H. The van der Waals surface area contributed by atoms with E-state index in [1.165, 1.54) is 33.4 Å². The third kappa shape index (κ3) is 4.68. The average molecular weight is 742 g/mol. The zero-order chi connectivity index (χ0) is 38.2. The van der Waals surface area contributed by atoms with Gasteiger partial charge >= 0.3 is 0 Å². The summed E-state index contributed by atoms with van der Waals surface area (Å²) < 4.78 is 13.0. The number of hydrogen-bond acceptors (Lipinski definition) is 3. The number of anilines is 3. The van der Waals surface area contributed by atoms with Crippen LogP contribution in [0.25, 0.3) is 66.1 Å². The summed E-state index contributed by atoms with van der Waals surface area (Å²) in [7, 11) is 0. The van der Waals surface area contributed by atoms with E-state index in [0.29, 0.717) is 0 Å². The smallest absolute Gasteiger partial charge is 0.147 e. The molecule has 0 aliphatic heterocycles. The Morgan fingerprint density at radius 1 is 0.345 bits per heavy atom. The molecule has 1 aliphatic rings. The van der Waals surface area contributed by atoms with Crippen molar-refractivity contribution in [3.05, 3.63) is 235 Å². The predicted molar refractivity (Wildman–Crippen MR) is 238 cm³/mol. The van der Waals surface area contributed by atoms with Gasteiger partial charge in [0.05, 0.1) is 10.8 Å². The van der Waals surface area contributed by atoms with Crippen LogP contribution in [-0.4, -0.2) is 0 Å². The van der Waals surface area contributed by atoms with Gasteiger partial charge in [-0.3, -0.25) is 0 Å². The van der Waals surface area contributed by atoms with Crippen LogP contribution >= 0.6 is 0 Å². The van der Waals surface area contributed by atoms with Crippen LogP contribution in [0, 0.1) is 0 Å². The Morgan fingerprint density at radius 3 is 1.71 bits per heavy atom. The van der Waals surface area contributed by atoms with E-state index < -0.39 is 5.41 Å². The van der Waals surface area contributed by atoms with Gasteiger partial charge in [0.25, 0.3) is 0 Å². The van der Waals surface area contributed by atoms with Gasteiger partial charge in [0.1, 0.15) is 22.3 Å². The lowest BCUT2D eigenvalue weighted by atomic mass is 9.67. The van der Waals surface area contributed by atoms with Gasteiger partial charge in [-0.15, -0.1) is 0 Å². The molecule has 2 heterocycles. The van der Waals surface area contributed by atoms with Gasteiger partial charge in [-0.1, -0.05) is 158 Å². The SMILES string of the molecule is c1ccc(N(c2ccc(-c3cccc4c3oc3c4ccc4oc5ccccc5c43)cc2)c2ccc3c(c2)C(c2ccccc2)(c2ccccc2)c2ccccc2-3)cc1. The summed E-state index contributed by atoms with van der Waals surface area (Å²) >= 11 is 0. The predicted octanol–water partition coefficient (Wildman–Crippen LogP) is 15.0. The van der Waals surface area contributed by atoms with Crippen LogP contribution in [0.15, 0.2) is 221 Å². The summed E-state index contributed by atoms with van der Waals surface area (Å²) in [5.41, 5.74) is 15.9. The molecule has 272 valence electrons. The Bertz CT molecular complexity index is 3290. The zero-order valence-corrected chi connectivity index (χ0v) is 31.5. The average Bonchev–Trinajstić information content (AvgIpc) is 3.96. The Hall–Kier alpha value is -7.62. The van der Waals surface area contributed by atoms with E-state index in [1.807, 2.05) is 12.1 Å². The van der Waals surface area contributed by atoms with Crippen LogP contribution < -0.4 is 4.90 Å². The molecule has 3 nitrogen and oxygen atoms in total. The molecule has 0 spiro atoms. The summed E-state index contributed by atoms with van der Waals surface area (Å²) in [5.74, 6) is 0. The lowest BCUT2D eigenvalue weighted by molar-refractivity contribution is 0.663. The Balaban J connectivity index is 1.02. The van der Waals surface area contributed by atoms with Gasteiger partial charge < -0.3 is 13.7 Å². The molecule has 58 heavy (non-hydrogen) atoms. The van der Waals surface area contributed by atoms with Crippen molar-refractivity contribution >= 4 is 60.9 Å². The van der Waals surface area contributed by atoms with Crippen molar-refractivity contribution < 1.29 is 8.83 Å². The van der Waals surface area contributed by atoms with Crippen LogP contribution in [0.4, 0.5) is 17.1 Å². The fourth-order valence-electron chi connectivity index (χ4n) is 9.68. The number of benzene rings is 9. The van der Waals surface area contributed by atoms with Crippen molar-refractivity contribution in [1.29, 1.82) is 0 Å². The molecule has 0 fully saturated rings. The number of para-hydroxylation sites is 3. The van der Waals surface area contributed by atoms with E-state index in [4.69, 9.17) is 8.83 Å². The topological polar surface area (TPSA) is 29.5 Å². The second kappa shape index (κ2) is 12.7. The molecular formula is C55H35NO2. The van der Waals surface area contributed by atoms with Gasteiger partial charge in [-0.05, 0) is 93.5 Å². The van der Waals surface area contributed by atoms with Crippen LogP contribution in [0.5, 0.6) is 0 Å². The highest BCUT2D eigenvalue weighted by molar-refractivity contribution is 6.23. The van der Waals surface area contributed by atoms with Crippen LogP contribution in [-0.2, 0) is 5.41 Å². The lowest BCUT2D eigenvalue weighted by Crippen LogP contribution is -2.28. The van der Waals surface area contributed by atoms with E-state index in [-0.39, 0.29) is 0 Å². The van der Waals surface area contributed by atoms with E-state index in [9.17, 15) is 0 Å². The van der Waals surface area contributed by atoms with Crippen molar-refractivity contribution in [2.45, 2.75) is 5.41 Å². The first-order valence-electron chi connectivity index (χ1n) is 19.8. The summed E-state index contributed by atoms with van der Waals surface area (Å²) in [5, 5.41) is 4.26. The van der Waals surface area contributed by atoms with Gasteiger partial charge in [-0.25, -0.2) is 0 Å². The zero-order valence-electron chi connectivity index (χ0n) is 31.5. The molecule has 0 radical (unpaired) electrons. The fraction of sp³-hybridized carbons (Fsp3) is 0.0182. The molecule has 0 atom stereocenters. The second-order valence-electron chi connectivity index (χ2n) is 15.2. The first kappa shape index (κ1) is 32.6. The minimum absolute atomic E-state index is 0.490. The molecule has 12 rings (SSSR count). The minimum atomic E-state index is -0.490. The lowest BCUT2D eigenvalue weighted by Gasteiger charge is -2.35. The number of nitrogens with zero attached hydrogens (tertiary/aromatic N) is 1. The number of rotatable bonds is 6. The maximum absolute atomic E-state index is 6.83. The van der Waals surface area contributed by atoms with Gasteiger partial charge in [0.15, 0.2) is 0 Å². The quantitative estimate of drug-likeness (QED) is 0.170. The maximum atomic E-state index is 6.83. The monoisotopic (exact) mass is 741 g/mol. The van der Waals surface area contributed by atoms with Crippen molar-refractivity contribution in [3.8, 4) is 22.3 Å². The normalized spacial score (nSPS) is 13.0. The van der Waals surface area contributed by atoms with Crippen molar-refractivity contribution in [2.24, 2.45) is 0 Å². The highest BCUT2D eigenvalue weighted by Gasteiger charge is 2.46. The third-order valence-corrected chi connectivity index (χ3v) is 12.2. The fourth-order valence-corrected chi connectivity index (χ4v) is 9.68. The van der Waals surface area contributed by atoms with E-state index in [2.05, 4.69) is 205 Å². The van der Waals surface area contributed by atoms with E-state index >= 15 is 0 Å². The first-order valence-corrected chi connectivity index (χ1v) is 19.8. The molecule has 11 aromatic rings. The Morgan fingerprint density at radius 2 is 0.931 bits per heavy atom. The van der Waals surface area contributed by atoms with Crippen LogP contribution in [0.3, 0.4) is 0 Å². The molecule has 0 bridgehead atoms. The molecular weight excluding hydrogens is 707 g/mol. The van der Waals surface area contributed by atoms with Crippen LogP contribution in [0.1, 0.15) is 22.3 Å². The van der Waals surface area contributed by atoms with Crippen molar-refractivity contribution in [2.75, 3.05) is 4.90 Å². The molecule has 0 N–H and O–H groups in total. The second-order valence-corrected chi connectivity index (χ2v) is 15.2. The van der Waals surface area contributed by atoms with E-state index in [0.717, 1.165) is 72.1 Å². The number of fused-ring (bicyclic) bond motifs is 10. The molecule has 1 aliphatic carbocycles. The highest BCUT2D eigenvalue weighted by atomic mass is 16.3. The third-order valence-electron chi connectivity index (χ3n) is 12.2. The molecule has 0 saturated carbocycles. The molecule has 0 unspecified atom stereocenters.